The van der Waals surface area contributed by atoms with Crippen LogP contribution in [-0.4, -0.2) is 240 Å². The third kappa shape index (κ3) is 15.5. The van der Waals surface area contributed by atoms with Crippen LogP contribution in [0.25, 0.3) is 32.9 Å². The van der Waals surface area contributed by atoms with E-state index in [1.54, 1.807) is 25.2 Å². The number of terminal acetylenes is 1. The number of nitrogens with zero attached hydrogens (tertiary/aromatic N) is 7. The summed E-state index contributed by atoms with van der Waals surface area (Å²) in [5.74, 6) is -0.981. The van der Waals surface area contributed by atoms with Gasteiger partial charge in [0.2, 0.25) is 11.8 Å². The zero-order valence-corrected chi connectivity index (χ0v) is 52.1. The Labute approximate surface area is 536 Å². The van der Waals surface area contributed by atoms with Crippen LogP contribution in [0.3, 0.4) is 0 Å². The first kappa shape index (κ1) is 66.4. The maximum atomic E-state index is 17.3. The van der Waals surface area contributed by atoms with E-state index in [4.69, 9.17) is 54.0 Å². The monoisotopic (exact) mass is 1290 g/mol. The molecule has 2 aromatic heterocycles. The van der Waals surface area contributed by atoms with Crippen LogP contribution in [0.4, 0.5) is 25.1 Å². The van der Waals surface area contributed by atoms with Gasteiger partial charge in [0.25, 0.3) is 11.8 Å². The quantitative estimate of drug-likeness (QED) is 0.0186. The van der Waals surface area contributed by atoms with Crippen molar-refractivity contribution in [1.82, 2.24) is 40.3 Å². The number of imide groups is 2. The Kier molecular flexibility index (Phi) is 22.0. The number of ether oxygens (including phenoxy) is 9. The second kappa shape index (κ2) is 30.8. The minimum atomic E-state index is -1.03. The first-order chi connectivity index (χ1) is 45.2. The third-order valence-corrected chi connectivity index (χ3v) is 17.6. The summed E-state index contributed by atoms with van der Waals surface area (Å²) < 4.78 is 84.0. The molecule has 0 spiro atoms. The normalized spacial score (nSPS) is 21.0. The molecule has 496 valence electrons. The minimum absolute atomic E-state index is 0.0201. The van der Waals surface area contributed by atoms with Crippen LogP contribution in [0.5, 0.6) is 11.8 Å². The van der Waals surface area contributed by atoms with Gasteiger partial charge in [-0.2, -0.15) is 9.97 Å². The largest absolute Gasteiger partial charge is 0.508 e. The van der Waals surface area contributed by atoms with Gasteiger partial charge in [0.1, 0.15) is 47.9 Å². The standard InChI is InChI=1S/C66H78F2N10O15/c1-4-47-51(67)11-8-42-32-46(79)33-49(55(42)47)58-57(68)59-50(35-70-58)60(76-37-43-9-10-44(38-76)71-43)74-64(73-59)93-40-66-15-14-45(77(66)36-41(2)34-66)39-92-65(84)75(3)17-19-86-21-23-88-25-27-90-29-31-91-30-28-89-26-24-87-22-20-85-18-16-69-52-7-5-6-48-56(52)63(83)78(62(48)82)53-12-13-54(80)72-61(53)81/h1,5-8,11,32-33,35,43-45,53,69,71,79H,2,9-10,12-31,34,36-40H2,3H3,(H,72,80,81)/t43?,44?,45-,53?,66?/m0/s1. The number of hydrogen-bond donors (Lipinski definition) is 4. The number of rotatable bonds is 33. The van der Waals surface area contributed by atoms with E-state index in [1.165, 1.54) is 35.4 Å². The van der Waals surface area contributed by atoms with Gasteiger partial charge in [-0.15, -0.1) is 6.42 Å². The average Bonchev–Trinajstić information content (AvgIpc) is 1.72. The fraction of sp³-hybridized carbons (Fsp3) is 0.515. The number of phenols is 1. The predicted octanol–water partition coefficient (Wildman–Crippen LogP) is 4.99. The fourth-order valence-electron chi connectivity index (χ4n) is 13.1. The summed E-state index contributed by atoms with van der Waals surface area (Å²) in [4.78, 5) is 84.5. The highest BCUT2D eigenvalue weighted by Crippen LogP contribution is 2.45. The number of likely N-dealkylation sites (N-methyl/N-ethyl adjacent to an activating group) is 1. The van der Waals surface area contributed by atoms with Crippen LogP contribution < -0.4 is 25.6 Å². The fourth-order valence-corrected chi connectivity index (χ4v) is 13.1. The number of pyridine rings is 1. The van der Waals surface area contributed by atoms with Crippen LogP contribution >= 0.6 is 0 Å². The van der Waals surface area contributed by atoms with Gasteiger partial charge in [-0.1, -0.05) is 30.2 Å². The van der Waals surface area contributed by atoms with E-state index in [9.17, 15) is 29.1 Å². The van der Waals surface area contributed by atoms with Crippen molar-refractivity contribution in [1.29, 1.82) is 0 Å². The van der Waals surface area contributed by atoms with Crippen molar-refractivity contribution in [3.8, 4) is 35.4 Å². The van der Waals surface area contributed by atoms with Gasteiger partial charge in [0.05, 0.1) is 120 Å². The highest BCUT2D eigenvalue weighted by atomic mass is 19.1. The second-order valence-electron chi connectivity index (χ2n) is 23.9. The SMILES string of the molecule is C#Cc1c(F)ccc2cc(O)cc(-c3ncc4c(N5CC6CCC(C5)N6)nc(OCC56CC[C@@H](COC(=O)N(C)CCOCCOCCOCCOCCOCCOCCOCCNc7cccc8c7C(=O)N(C7CCC(=O)NC7=O)C8=O)N5CC(=C)C6)nc4c3F)c12. The molecule has 6 aliphatic heterocycles. The van der Waals surface area contributed by atoms with Gasteiger partial charge in [0, 0.05) is 87.2 Å². The van der Waals surface area contributed by atoms with Crippen LogP contribution in [0.15, 0.2) is 60.8 Å². The van der Waals surface area contributed by atoms with E-state index in [2.05, 4.69) is 48.2 Å². The Morgan fingerprint density at radius 1 is 0.839 bits per heavy atom. The van der Waals surface area contributed by atoms with Gasteiger partial charge in [0.15, 0.2) is 5.82 Å². The molecule has 4 N–H and O–H groups in total. The number of phenolic OH excluding ortho intramolecular Hbond substituents is 1. The number of amides is 5. The molecule has 93 heavy (non-hydrogen) atoms. The molecule has 4 unspecified atom stereocenters. The molecular weight excluding hydrogens is 1210 g/mol. The summed E-state index contributed by atoms with van der Waals surface area (Å²) in [5, 5.41) is 20.7. The molecule has 11 rings (SSSR count). The van der Waals surface area contributed by atoms with Gasteiger partial charge in [-0.25, -0.2) is 13.6 Å². The number of nitrogens with one attached hydrogen (secondary N) is 3. The number of benzene rings is 3. The Morgan fingerprint density at radius 3 is 2.17 bits per heavy atom. The molecule has 6 aliphatic rings. The molecule has 0 aliphatic carbocycles. The summed E-state index contributed by atoms with van der Waals surface area (Å²) in [6, 6.07) is 9.64. The molecule has 5 aromatic rings. The number of aromatic nitrogens is 3. The zero-order chi connectivity index (χ0) is 65.0. The lowest BCUT2D eigenvalue weighted by Gasteiger charge is -2.35. The number of hydrogen-bond acceptors (Lipinski definition) is 22. The van der Waals surface area contributed by atoms with Crippen molar-refractivity contribution in [2.24, 2.45) is 0 Å². The van der Waals surface area contributed by atoms with E-state index in [1.807, 2.05) is 0 Å². The summed E-state index contributed by atoms with van der Waals surface area (Å²) in [5.41, 5.74) is 1.20. The number of carbonyl (C=O) groups is 5. The topological polar surface area (TPSA) is 276 Å². The van der Waals surface area contributed by atoms with Crippen molar-refractivity contribution < 1.29 is 80.5 Å². The molecule has 5 amide bonds. The van der Waals surface area contributed by atoms with Crippen LogP contribution in [0.1, 0.15) is 71.2 Å². The molecule has 3 aromatic carbocycles. The molecule has 5 fully saturated rings. The van der Waals surface area contributed by atoms with Gasteiger partial charge in [-0.3, -0.25) is 39.3 Å². The Morgan fingerprint density at radius 2 is 1.51 bits per heavy atom. The molecule has 5 atom stereocenters. The van der Waals surface area contributed by atoms with E-state index in [0.29, 0.717) is 147 Å². The van der Waals surface area contributed by atoms with E-state index < -0.39 is 52.9 Å². The summed E-state index contributed by atoms with van der Waals surface area (Å²) in [7, 11) is 1.66. The highest BCUT2D eigenvalue weighted by molar-refractivity contribution is 6.25. The van der Waals surface area contributed by atoms with Gasteiger partial charge >= 0.3 is 12.1 Å². The number of fused-ring (bicyclic) bond motifs is 6. The number of halogens is 2. The summed E-state index contributed by atoms with van der Waals surface area (Å²) >= 11 is 0. The lowest BCUT2D eigenvalue weighted by molar-refractivity contribution is -0.136. The summed E-state index contributed by atoms with van der Waals surface area (Å²) in [6.07, 6.45) is 11.1. The third-order valence-electron chi connectivity index (χ3n) is 17.6. The lowest BCUT2D eigenvalue weighted by Crippen LogP contribution is -2.54. The van der Waals surface area contributed by atoms with Gasteiger partial charge < -0.3 is 68.2 Å². The van der Waals surface area contributed by atoms with Crippen molar-refractivity contribution in [2.45, 2.75) is 74.7 Å². The van der Waals surface area contributed by atoms with E-state index in [-0.39, 0.29) is 101 Å². The zero-order valence-electron chi connectivity index (χ0n) is 52.1. The number of carbonyl (C=O) groups excluding carboxylic acids is 5. The van der Waals surface area contributed by atoms with Crippen LogP contribution in [-0.2, 0) is 47.5 Å². The van der Waals surface area contributed by atoms with E-state index in [0.717, 1.165) is 36.2 Å². The molecule has 8 heterocycles. The second-order valence-corrected chi connectivity index (χ2v) is 23.9. The van der Waals surface area contributed by atoms with Crippen molar-refractivity contribution in [3.05, 3.63) is 89.1 Å². The maximum absolute atomic E-state index is 17.3. The average molecular weight is 1290 g/mol. The smallest absolute Gasteiger partial charge is 0.409 e. The molecule has 25 nitrogen and oxygen atoms in total. The first-order valence-corrected chi connectivity index (χ1v) is 31.6. The Hall–Kier alpha value is -8.04. The van der Waals surface area contributed by atoms with Crippen molar-refractivity contribution in [2.75, 3.05) is 156 Å². The maximum Gasteiger partial charge on any atom is 0.409 e. The number of anilines is 2. The Bertz CT molecular complexity index is 3620. The number of piperazine rings is 1. The molecule has 5 saturated heterocycles. The highest BCUT2D eigenvalue weighted by Gasteiger charge is 2.52. The molecule has 0 radical (unpaired) electrons. The van der Waals surface area contributed by atoms with Crippen LogP contribution in [0, 0.1) is 24.0 Å². The number of piperidine rings is 1. The molecular formula is C66H78F2N10O15. The lowest BCUT2D eigenvalue weighted by atomic mass is 9.94. The van der Waals surface area contributed by atoms with Crippen LogP contribution in [0.2, 0.25) is 0 Å². The predicted molar refractivity (Wildman–Crippen MR) is 335 cm³/mol. The molecule has 27 heteroatoms. The van der Waals surface area contributed by atoms with E-state index >= 15 is 8.78 Å². The van der Waals surface area contributed by atoms with Crippen molar-refractivity contribution >= 4 is 62.9 Å². The van der Waals surface area contributed by atoms with Gasteiger partial charge in [-0.05, 0) is 74.2 Å². The first-order valence-electron chi connectivity index (χ1n) is 31.6. The Balaban J connectivity index is 0.525. The minimum Gasteiger partial charge on any atom is -0.508 e. The molecule has 0 saturated carbocycles. The number of aromatic hydroxyl groups is 1. The molecule has 2 bridgehead atoms. The summed E-state index contributed by atoms with van der Waals surface area (Å²) in [6.45, 7) is 12.3. The van der Waals surface area contributed by atoms with Crippen molar-refractivity contribution in [3.63, 3.8) is 0 Å².